The predicted octanol–water partition coefficient (Wildman–Crippen LogP) is 0.753. The molecule has 0 spiro atoms. The van der Waals surface area contributed by atoms with Gasteiger partial charge in [0.1, 0.15) is 19.8 Å². The van der Waals surface area contributed by atoms with Crippen molar-refractivity contribution in [3.05, 3.63) is 0 Å². The predicted molar refractivity (Wildman–Crippen MR) is 76.3 cm³/mol. The quantitative estimate of drug-likeness (QED) is 0.302. The molecule has 0 aliphatic carbocycles. The van der Waals surface area contributed by atoms with Gasteiger partial charge in [-0.2, -0.15) is 15.8 Å². The first-order chi connectivity index (χ1) is 11.5. The van der Waals surface area contributed by atoms with Crippen molar-refractivity contribution in [1.29, 1.82) is 15.8 Å². The molecular weight excluding hydrogens is 318 g/mol. The van der Waals surface area contributed by atoms with E-state index in [0.717, 1.165) is 0 Å². The van der Waals surface area contributed by atoms with Gasteiger partial charge in [0.15, 0.2) is 0 Å². The van der Waals surface area contributed by atoms with Gasteiger partial charge in [0.05, 0.1) is 56.2 Å². The average Bonchev–Trinajstić information content (AvgIpc) is 2.55. The maximum Gasteiger partial charge on any atom is 0.310 e. The number of hydrogen-bond donors (Lipinski definition) is 0. The summed E-state index contributed by atoms with van der Waals surface area (Å²) in [6.07, 6.45) is -0.815. The van der Waals surface area contributed by atoms with Gasteiger partial charge in [-0.25, -0.2) is 0 Å². The number of ether oxygens (including phenoxy) is 3. The Morgan fingerprint density at radius 1 is 0.708 bits per heavy atom. The number of nitrogens with zero attached hydrogens (tertiary/aromatic N) is 3. The summed E-state index contributed by atoms with van der Waals surface area (Å²) in [6.45, 7) is -0.380. The first kappa shape index (κ1) is 20.9. The van der Waals surface area contributed by atoms with Gasteiger partial charge in [-0.05, 0) is 0 Å². The lowest BCUT2D eigenvalue weighted by Gasteiger charge is -2.14. The molecule has 0 rings (SSSR count). The maximum atomic E-state index is 11.9. The van der Waals surface area contributed by atoms with Gasteiger partial charge >= 0.3 is 17.9 Å². The fourth-order valence-corrected chi connectivity index (χ4v) is 1.50. The molecule has 0 aliphatic heterocycles. The first-order valence-corrected chi connectivity index (χ1v) is 7.13. The van der Waals surface area contributed by atoms with Gasteiger partial charge in [-0.1, -0.05) is 0 Å². The molecule has 0 aromatic rings. The third-order valence-electron chi connectivity index (χ3n) is 2.57. The number of carbonyl (C=O) groups excluding carboxylic acids is 3. The van der Waals surface area contributed by atoms with Crippen LogP contribution in [0.2, 0.25) is 0 Å². The standard InChI is InChI=1S/C15H17N3O6/c16-4-1-7-22-13(19)10-12(15(21)24-9-3-6-18)11-14(20)23-8-2-5-17/h12H,1-3,7-11H2. The molecule has 0 bridgehead atoms. The van der Waals surface area contributed by atoms with E-state index in [0.29, 0.717) is 0 Å². The molecular formula is C15H17N3O6. The van der Waals surface area contributed by atoms with Crippen LogP contribution in [0.5, 0.6) is 0 Å². The van der Waals surface area contributed by atoms with Gasteiger partial charge in [-0.3, -0.25) is 14.4 Å². The van der Waals surface area contributed by atoms with Gasteiger partial charge in [0, 0.05) is 0 Å². The number of rotatable bonds is 11. The highest BCUT2D eigenvalue weighted by atomic mass is 16.5. The van der Waals surface area contributed by atoms with Crippen molar-refractivity contribution in [3.8, 4) is 18.2 Å². The Bertz CT molecular complexity index is 521. The van der Waals surface area contributed by atoms with Crippen molar-refractivity contribution >= 4 is 17.9 Å². The fraction of sp³-hybridized carbons (Fsp3) is 0.600. The van der Waals surface area contributed by atoms with Crippen LogP contribution in [0.3, 0.4) is 0 Å². The molecule has 0 amide bonds. The van der Waals surface area contributed by atoms with Crippen LogP contribution in [0.15, 0.2) is 0 Å². The smallest absolute Gasteiger partial charge is 0.310 e. The highest BCUT2D eigenvalue weighted by Crippen LogP contribution is 2.14. The Morgan fingerprint density at radius 3 is 1.46 bits per heavy atom. The second kappa shape index (κ2) is 13.5. The van der Waals surface area contributed by atoms with Crippen LogP contribution in [-0.4, -0.2) is 37.7 Å². The summed E-state index contributed by atoms with van der Waals surface area (Å²) >= 11 is 0. The summed E-state index contributed by atoms with van der Waals surface area (Å²) in [5, 5.41) is 25.1. The van der Waals surface area contributed by atoms with Crippen molar-refractivity contribution in [1.82, 2.24) is 0 Å². The van der Waals surface area contributed by atoms with Crippen molar-refractivity contribution in [2.45, 2.75) is 32.1 Å². The lowest BCUT2D eigenvalue weighted by atomic mass is 10.0. The van der Waals surface area contributed by atoms with E-state index < -0.39 is 36.7 Å². The van der Waals surface area contributed by atoms with Crippen LogP contribution in [0.25, 0.3) is 0 Å². The zero-order valence-corrected chi connectivity index (χ0v) is 13.0. The third-order valence-corrected chi connectivity index (χ3v) is 2.57. The third kappa shape index (κ3) is 10.6. The summed E-state index contributed by atoms with van der Waals surface area (Å²) in [5.74, 6) is -3.44. The van der Waals surface area contributed by atoms with Gasteiger partial charge in [0.2, 0.25) is 0 Å². The Kier molecular flexibility index (Phi) is 11.8. The molecule has 9 nitrogen and oxygen atoms in total. The first-order valence-electron chi connectivity index (χ1n) is 7.13. The maximum absolute atomic E-state index is 11.9. The summed E-state index contributed by atoms with van der Waals surface area (Å²) in [6, 6.07) is 5.38. The van der Waals surface area contributed by atoms with Crippen molar-refractivity contribution in [3.63, 3.8) is 0 Å². The monoisotopic (exact) mass is 335 g/mol. The molecule has 0 fully saturated rings. The molecule has 0 heterocycles. The van der Waals surface area contributed by atoms with Crippen LogP contribution >= 0.6 is 0 Å². The van der Waals surface area contributed by atoms with Gasteiger partial charge in [0.25, 0.3) is 0 Å². The van der Waals surface area contributed by atoms with E-state index in [1.807, 2.05) is 0 Å². The number of esters is 3. The van der Waals surface area contributed by atoms with E-state index in [1.54, 1.807) is 18.2 Å². The fourth-order valence-electron chi connectivity index (χ4n) is 1.50. The van der Waals surface area contributed by atoms with Crippen molar-refractivity contribution < 1.29 is 28.6 Å². The number of hydrogen-bond acceptors (Lipinski definition) is 9. The molecule has 0 atom stereocenters. The van der Waals surface area contributed by atoms with E-state index in [-0.39, 0.29) is 39.1 Å². The van der Waals surface area contributed by atoms with Crippen LogP contribution in [0.1, 0.15) is 32.1 Å². The Labute approximate surface area is 139 Å². The van der Waals surface area contributed by atoms with E-state index >= 15 is 0 Å². The van der Waals surface area contributed by atoms with Gasteiger partial charge < -0.3 is 14.2 Å². The van der Waals surface area contributed by atoms with E-state index in [1.165, 1.54) is 0 Å². The Hall–Kier alpha value is -3.12. The molecule has 9 heteroatoms. The van der Waals surface area contributed by atoms with Gasteiger partial charge in [-0.15, -0.1) is 0 Å². The molecule has 0 N–H and O–H groups in total. The minimum atomic E-state index is -1.12. The molecule has 0 aliphatic rings. The zero-order valence-electron chi connectivity index (χ0n) is 13.0. The molecule has 0 aromatic carbocycles. The van der Waals surface area contributed by atoms with Crippen molar-refractivity contribution in [2.24, 2.45) is 5.92 Å². The molecule has 0 saturated heterocycles. The molecule has 0 radical (unpaired) electrons. The summed E-state index contributed by atoms with van der Waals surface area (Å²) in [4.78, 5) is 35.1. The molecule has 0 unspecified atom stereocenters. The molecule has 0 aromatic heterocycles. The van der Waals surface area contributed by atoms with Crippen LogP contribution in [-0.2, 0) is 28.6 Å². The lowest BCUT2D eigenvalue weighted by molar-refractivity contribution is -0.159. The molecule has 0 saturated carbocycles. The Morgan fingerprint density at radius 2 is 1.08 bits per heavy atom. The minimum Gasteiger partial charge on any atom is -0.465 e. The van der Waals surface area contributed by atoms with Crippen LogP contribution in [0, 0.1) is 39.9 Å². The summed E-state index contributed by atoms with van der Waals surface area (Å²) in [5.41, 5.74) is 0. The van der Waals surface area contributed by atoms with Crippen molar-refractivity contribution in [2.75, 3.05) is 19.8 Å². The second-order valence-corrected chi connectivity index (χ2v) is 4.44. The largest absolute Gasteiger partial charge is 0.465 e. The summed E-state index contributed by atoms with van der Waals surface area (Å²) < 4.78 is 14.3. The normalized spacial score (nSPS) is 9.25. The average molecular weight is 335 g/mol. The Balaban J connectivity index is 4.58. The molecule has 24 heavy (non-hydrogen) atoms. The van der Waals surface area contributed by atoms with E-state index in [2.05, 4.69) is 0 Å². The highest BCUT2D eigenvalue weighted by Gasteiger charge is 2.27. The second-order valence-electron chi connectivity index (χ2n) is 4.44. The topological polar surface area (TPSA) is 150 Å². The highest BCUT2D eigenvalue weighted by molar-refractivity contribution is 5.84. The minimum absolute atomic E-state index is 0.0131. The lowest BCUT2D eigenvalue weighted by Crippen LogP contribution is -2.26. The van der Waals surface area contributed by atoms with E-state index in [9.17, 15) is 14.4 Å². The van der Waals surface area contributed by atoms with E-state index in [4.69, 9.17) is 30.0 Å². The number of carbonyl (C=O) groups is 3. The molecule has 128 valence electrons. The summed E-state index contributed by atoms with van der Waals surface area (Å²) in [7, 11) is 0. The zero-order chi connectivity index (χ0) is 18.2. The van der Waals surface area contributed by atoms with Crippen LogP contribution < -0.4 is 0 Å². The van der Waals surface area contributed by atoms with Crippen LogP contribution in [0.4, 0.5) is 0 Å². The number of nitriles is 3. The SMILES string of the molecule is N#CCCOC(=O)CC(CC(=O)OCCC#N)C(=O)OCCC#N.